The average molecular weight is 377 g/mol. The number of carbonyl (C=O) groups is 1. The van der Waals surface area contributed by atoms with Crippen LogP contribution < -0.4 is 0 Å². The van der Waals surface area contributed by atoms with Crippen LogP contribution in [0.2, 0.25) is 0 Å². The maximum absolute atomic E-state index is 11.9. The van der Waals surface area contributed by atoms with Crippen molar-refractivity contribution in [1.82, 2.24) is 0 Å². The molecule has 3 saturated carbocycles. The molecule has 0 aromatic heterocycles. The van der Waals surface area contributed by atoms with Crippen molar-refractivity contribution in [2.45, 2.75) is 77.9 Å². The molecule has 152 valence electrons. The number of allylic oxidation sites excluding steroid dienone is 1. The van der Waals surface area contributed by atoms with E-state index in [9.17, 15) is 4.79 Å². The highest BCUT2D eigenvalue weighted by Crippen LogP contribution is 2.65. The van der Waals surface area contributed by atoms with Crippen molar-refractivity contribution in [3.8, 4) is 0 Å². The number of rotatable bonds is 3. The summed E-state index contributed by atoms with van der Waals surface area (Å²) in [4.78, 5) is 11.9. The average Bonchev–Trinajstić information content (AvgIpc) is 2.97. The van der Waals surface area contributed by atoms with Crippen LogP contribution in [0.5, 0.6) is 0 Å². The van der Waals surface area contributed by atoms with E-state index in [1.165, 1.54) is 32.1 Å². The lowest BCUT2D eigenvalue weighted by molar-refractivity contribution is -0.108. The number of carbonyl (C=O) groups excluding carboxylic acids is 1. The Bertz CT molecular complexity index is 601. The molecule has 4 nitrogen and oxygen atoms in total. The Balaban J connectivity index is 1.53. The van der Waals surface area contributed by atoms with Crippen LogP contribution in [0.1, 0.15) is 65.7 Å². The number of hydrogen-bond acceptors (Lipinski definition) is 4. The van der Waals surface area contributed by atoms with Gasteiger partial charge < -0.3 is 14.2 Å². The predicted octanol–water partition coefficient (Wildman–Crippen LogP) is 5.36. The molecule has 4 aliphatic carbocycles. The largest absolute Gasteiger partial charge is 0.508 e. The molecule has 0 N–H and O–H groups in total. The number of ether oxygens (including phenoxy) is 3. The van der Waals surface area contributed by atoms with Crippen molar-refractivity contribution in [3.05, 3.63) is 12.2 Å². The molecule has 0 bridgehead atoms. The quantitative estimate of drug-likeness (QED) is 0.491. The SMILES string of the molecule is CCOC(=O)O[C@H]1CC[C@H]2[C@@H]3CC[C@H]4C[C@@H](OC)C=C[C@]4(C)[C@H]3CC[C@]12C. The van der Waals surface area contributed by atoms with Gasteiger partial charge in [0.2, 0.25) is 0 Å². The van der Waals surface area contributed by atoms with E-state index in [-0.39, 0.29) is 11.5 Å². The van der Waals surface area contributed by atoms with Crippen LogP contribution in [0.25, 0.3) is 0 Å². The number of fused-ring (bicyclic) bond motifs is 5. The highest BCUT2D eigenvalue weighted by atomic mass is 16.7. The first-order valence-electron chi connectivity index (χ1n) is 11.0. The van der Waals surface area contributed by atoms with Crippen molar-refractivity contribution in [1.29, 1.82) is 0 Å². The van der Waals surface area contributed by atoms with E-state index in [1.54, 1.807) is 0 Å². The molecule has 8 atom stereocenters. The molecule has 0 spiro atoms. The maximum atomic E-state index is 11.9. The molecule has 0 aliphatic heterocycles. The molecule has 0 radical (unpaired) electrons. The Morgan fingerprint density at radius 1 is 1.11 bits per heavy atom. The van der Waals surface area contributed by atoms with Crippen LogP contribution in [0.15, 0.2) is 12.2 Å². The molecule has 4 rings (SSSR count). The monoisotopic (exact) mass is 376 g/mol. The Kier molecular flexibility index (Phi) is 5.07. The minimum absolute atomic E-state index is 0.0211. The van der Waals surface area contributed by atoms with E-state index in [2.05, 4.69) is 26.0 Å². The van der Waals surface area contributed by atoms with Crippen molar-refractivity contribution in [3.63, 3.8) is 0 Å². The summed E-state index contributed by atoms with van der Waals surface area (Å²) in [5.74, 6) is 2.92. The van der Waals surface area contributed by atoms with Crippen molar-refractivity contribution >= 4 is 6.16 Å². The summed E-state index contributed by atoms with van der Waals surface area (Å²) < 4.78 is 16.5. The standard InChI is InChI=1S/C23H36O4/c1-5-26-21(24)27-20-9-8-18-17-7-6-15-14-16(25-4)10-12-22(15,2)19(17)11-13-23(18,20)3/h10,12,15-20H,5-9,11,13-14H2,1-4H3/t15-,16-,17-,18-,19-,20-,22-,23-/m0/s1. The summed E-state index contributed by atoms with van der Waals surface area (Å²) >= 11 is 0. The van der Waals surface area contributed by atoms with E-state index in [1.807, 2.05) is 14.0 Å². The summed E-state index contributed by atoms with van der Waals surface area (Å²) in [5, 5.41) is 0. The number of methoxy groups -OCH3 is 1. The zero-order chi connectivity index (χ0) is 19.2. The molecule has 0 saturated heterocycles. The van der Waals surface area contributed by atoms with E-state index < -0.39 is 6.16 Å². The van der Waals surface area contributed by atoms with E-state index in [4.69, 9.17) is 14.2 Å². The van der Waals surface area contributed by atoms with Gasteiger partial charge in [-0.2, -0.15) is 0 Å². The van der Waals surface area contributed by atoms with Gasteiger partial charge in [0.25, 0.3) is 0 Å². The van der Waals surface area contributed by atoms with Gasteiger partial charge in [-0.15, -0.1) is 0 Å². The second kappa shape index (κ2) is 7.09. The summed E-state index contributed by atoms with van der Waals surface area (Å²) in [5.41, 5.74) is 0.421. The summed E-state index contributed by atoms with van der Waals surface area (Å²) in [6.45, 7) is 7.08. The summed E-state index contributed by atoms with van der Waals surface area (Å²) in [6.07, 6.45) is 13.0. The fraction of sp³-hybridized carbons (Fsp3) is 0.870. The Labute approximate surface area is 164 Å². The molecular weight excluding hydrogens is 340 g/mol. The molecule has 4 aliphatic rings. The molecule has 4 heteroatoms. The van der Waals surface area contributed by atoms with Gasteiger partial charge in [-0.1, -0.05) is 26.0 Å². The molecule has 0 aromatic carbocycles. The normalized spacial score (nSPS) is 48.3. The number of hydrogen-bond donors (Lipinski definition) is 0. The summed E-state index contributed by atoms with van der Waals surface area (Å²) in [7, 11) is 1.83. The maximum Gasteiger partial charge on any atom is 0.508 e. The fourth-order valence-corrected chi connectivity index (χ4v) is 7.36. The minimum atomic E-state index is -0.483. The van der Waals surface area contributed by atoms with Gasteiger partial charge in [0.15, 0.2) is 0 Å². The van der Waals surface area contributed by atoms with Gasteiger partial charge in [-0.05, 0) is 81.0 Å². The van der Waals surface area contributed by atoms with Crippen molar-refractivity contribution in [2.75, 3.05) is 13.7 Å². The third kappa shape index (κ3) is 3.03. The van der Waals surface area contributed by atoms with Gasteiger partial charge in [-0.3, -0.25) is 0 Å². The minimum Gasteiger partial charge on any atom is -0.435 e. The lowest BCUT2D eigenvalue weighted by atomic mass is 9.46. The smallest absolute Gasteiger partial charge is 0.435 e. The first-order valence-corrected chi connectivity index (χ1v) is 11.0. The third-order valence-corrected chi connectivity index (χ3v) is 8.87. The van der Waals surface area contributed by atoms with Crippen LogP contribution in [0, 0.1) is 34.5 Å². The predicted molar refractivity (Wildman–Crippen MR) is 104 cm³/mol. The van der Waals surface area contributed by atoms with Crippen molar-refractivity contribution < 1.29 is 19.0 Å². The Morgan fingerprint density at radius 2 is 1.93 bits per heavy atom. The van der Waals surface area contributed by atoms with E-state index in [0.29, 0.717) is 24.0 Å². The topological polar surface area (TPSA) is 44.8 Å². The van der Waals surface area contributed by atoms with Crippen LogP contribution in [0.4, 0.5) is 4.79 Å². The first kappa shape index (κ1) is 19.3. The molecule has 3 fully saturated rings. The first-order chi connectivity index (χ1) is 12.9. The highest BCUT2D eigenvalue weighted by Gasteiger charge is 2.60. The van der Waals surface area contributed by atoms with Crippen LogP contribution in [-0.4, -0.2) is 32.1 Å². The van der Waals surface area contributed by atoms with Gasteiger partial charge in [0.1, 0.15) is 6.10 Å². The van der Waals surface area contributed by atoms with Crippen LogP contribution in [0.3, 0.4) is 0 Å². The summed E-state index contributed by atoms with van der Waals surface area (Å²) in [6, 6.07) is 0. The molecule has 0 amide bonds. The Morgan fingerprint density at radius 3 is 2.67 bits per heavy atom. The van der Waals surface area contributed by atoms with Gasteiger partial charge >= 0.3 is 6.16 Å². The third-order valence-electron chi connectivity index (χ3n) is 8.87. The lowest BCUT2D eigenvalue weighted by Crippen LogP contribution is -2.53. The molecule has 0 unspecified atom stereocenters. The van der Waals surface area contributed by atoms with E-state index in [0.717, 1.165) is 30.6 Å². The van der Waals surface area contributed by atoms with Crippen molar-refractivity contribution in [2.24, 2.45) is 34.5 Å². The Hall–Kier alpha value is -1.03. The zero-order valence-electron chi connectivity index (χ0n) is 17.4. The van der Waals surface area contributed by atoms with Gasteiger partial charge in [0.05, 0.1) is 12.7 Å². The van der Waals surface area contributed by atoms with E-state index >= 15 is 0 Å². The molecule has 0 heterocycles. The van der Waals surface area contributed by atoms with Crippen LogP contribution in [-0.2, 0) is 14.2 Å². The van der Waals surface area contributed by atoms with Crippen LogP contribution >= 0.6 is 0 Å². The molecule has 0 aromatic rings. The lowest BCUT2D eigenvalue weighted by Gasteiger charge is -2.59. The highest BCUT2D eigenvalue weighted by molar-refractivity contribution is 5.60. The van der Waals surface area contributed by atoms with Gasteiger partial charge in [-0.25, -0.2) is 4.79 Å². The van der Waals surface area contributed by atoms with Gasteiger partial charge in [0, 0.05) is 12.5 Å². The molecule has 27 heavy (non-hydrogen) atoms. The second-order valence-corrected chi connectivity index (χ2v) is 9.80. The molecular formula is C23H36O4. The second-order valence-electron chi connectivity index (χ2n) is 9.80. The fourth-order valence-electron chi connectivity index (χ4n) is 7.36. The zero-order valence-corrected chi connectivity index (χ0v) is 17.4.